The summed E-state index contributed by atoms with van der Waals surface area (Å²) in [5, 5.41) is 2.86. The van der Waals surface area contributed by atoms with Gasteiger partial charge in [0.2, 0.25) is 5.91 Å². The molecule has 3 rings (SSSR count). The van der Waals surface area contributed by atoms with Crippen molar-refractivity contribution in [2.24, 2.45) is 11.8 Å². The largest absolute Gasteiger partial charge is 0.413 e. The Bertz CT molecular complexity index is 1120. The van der Waals surface area contributed by atoms with Crippen molar-refractivity contribution in [3.63, 3.8) is 0 Å². The Labute approximate surface area is 220 Å². The molecule has 6 nitrogen and oxygen atoms in total. The minimum Gasteiger partial charge on any atom is -0.413 e. The second kappa shape index (κ2) is 10.9. The van der Waals surface area contributed by atoms with Crippen LogP contribution in [0.25, 0.3) is 0 Å². The lowest BCUT2D eigenvalue weighted by Gasteiger charge is -2.46. The van der Waals surface area contributed by atoms with E-state index in [1.165, 1.54) is 0 Å². The molecule has 0 radical (unpaired) electrons. The highest BCUT2D eigenvalue weighted by Crippen LogP contribution is 2.40. The van der Waals surface area contributed by atoms with Gasteiger partial charge in [-0.05, 0) is 49.3 Å². The topological polar surface area (TPSA) is 75.7 Å². The normalized spacial score (nSPS) is 19.6. The van der Waals surface area contributed by atoms with Gasteiger partial charge in [0.25, 0.3) is 5.91 Å². The van der Waals surface area contributed by atoms with E-state index in [1.54, 1.807) is 30.1 Å². The summed E-state index contributed by atoms with van der Waals surface area (Å²) in [7, 11) is -0.342. The summed E-state index contributed by atoms with van der Waals surface area (Å²) in [6.07, 6.45) is -0.279. The maximum atomic E-state index is 13.3. The van der Waals surface area contributed by atoms with Crippen molar-refractivity contribution in [3.8, 4) is 0 Å². The van der Waals surface area contributed by atoms with Gasteiger partial charge in [-0.15, -0.1) is 0 Å². The fraction of sp³-hybridized carbons (Fsp3) is 0.464. The van der Waals surface area contributed by atoms with E-state index in [-0.39, 0.29) is 40.0 Å². The average molecular weight is 527 g/mol. The molecule has 0 aromatic heterocycles. The summed E-state index contributed by atoms with van der Waals surface area (Å²) in [4.78, 5) is 41.3. The summed E-state index contributed by atoms with van der Waals surface area (Å²) < 4.78 is 6.48. The zero-order valence-electron chi connectivity index (χ0n) is 22.5. The molecule has 1 aliphatic heterocycles. The van der Waals surface area contributed by atoms with Crippen LogP contribution in [-0.4, -0.2) is 44.4 Å². The molecule has 0 saturated carbocycles. The highest BCUT2D eigenvalue weighted by molar-refractivity contribution is 8.13. The monoisotopic (exact) mass is 526 g/mol. The third-order valence-corrected chi connectivity index (χ3v) is 13.2. The summed E-state index contributed by atoms with van der Waals surface area (Å²) in [5.74, 6) is -1.06. The third-order valence-electron chi connectivity index (χ3n) is 7.48. The van der Waals surface area contributed by atoms with Crippen molar-refractivity contribution in [2.75, 3.05) is 11.9 Å². The number of benzene rings is 2. The van der Waals surface area contributed by atoms with Crippen LogP contribution in [0.1, 0.15) is 45.0 Å². The standard InChI is InChI=1S/C28H38N2O4SSi/c1-18(24-23(25(31)29-24)19(2)34-36(7,8)28(3,4)5)27(33)35-22-17-13-12-16-21(22)26(32)30(6)20-14-10-9-11-15-20/h9-19,23-24H,1-8H3,(H,29,31)/t18-,19-,23-,24-/m1/s1. The van der Waals surface area contributed by atoms with Crippen molar-refractivity contribution >= 4 is 42.7 Å². The number of rotatable bonds is 8. The third kappa shape index (κ3) is 5.93. The number of anilines is 1. The van der Waals surface area contributed by atoms with E-state index < -0.39 is 14.2 Å². The quantitative estimate of drug-likeness (QED) is 0.270. The highest BCUT2D eigenvalue weighted by atomic mass is 32.2. The van der Waals surface area contributed by atoms with Crippen LogP contribution in [0.4, 0.5) is 5.69 Å². The molecule has 2 aromatic carbocycles. The molecule has 2 aromatic rings. The van der Waals surface area contributed by atoms with Crippen molar-refractivity contribution in [3.05, 3.63) is 60.2 Å². The van der Waals surface area contributed by atoms with Crippen molar-refractivity contribution < 1.29 is 18.8 Å². The van der Waals surface area contributed by atoms with E-state index >= 15 is 0 Å². The van der Waals surface area contributed by atoms with Crippen molar-refractivity contribution in [1.82, 2.24) is 5.32 Å². The van der Waals surface area contributed by atoms with Gasteiger partial charge in [-0.25, -0.2) is 0 Å². The Morgan fingerprint density at radius 3 is 2.19 bits per heavy atom. The van der Waals surface area contributed by atoms with Crippen LogP contribution in [0.15, 0.2) is 59.5 Å². The number of carbonyl (C=O) groups is 3. The molecule has 8 heteroatoms. The molecule has 1 heterocycles. The van der Waals surface area contributed by atoms with Crippen LogP contribution in [0, 0.1) is 11.8 Å². The number of nitrogens with one attached hydrogen (secondary N) is 1. The maximum Gasteiger partial charge on any atom is 0.259 e. The lowest BCUT2D eigenvalue weighted by molar-refractivity contribution is -0.143. The maximum absolute atomic E-state index is 13.3. The zero-order chi connectivity index (χ0) is 26.8. The first kappa shape index (κ1) is 28.2. The highest BCUT2D eigenvalue weighted by Gasteiger charge is 2.50. The van der Waals surface area contributed by atoms with Gasteiger partial charge in [-0.1, -0.05) is 69.8 Å². The predicted octanol–water partition coefficient (Wildman–Crippen LogP) is 5.74. The Balaban J connectivity index is 1.73. The molecule has 1 saturated heterocycles. The van der Waals surface area contributed by atoms with Gasteiger partial charge >= 0.3 is 0 Å². The molecule has 1 N–H and O–H groups in total. The van der Waals surface area contributed by atoms with Crippen LogP contribution >= 0.6 is 11.8 Å². The summed E-state index contributed by atoms with van der Waals surface area (Å²) in [6, 6.07) is 16.2. The number of nitrogens with zero attached hydrogens (tertiary/aromatic N) is 1. The summed E-state index contributed by atoms with van der Waals surface area (Å²) in [5.41, 5.74) is 1.25. The second-order valence-electron chi connectivity index (χ2n) is 11.0. The number of para-hydroxylation sites is 1. The molecular weight excluding hydrogens is 488 g/mol. The molecule has 2 amide bonds. The van der Waals surface area contributed by atoms with E-state index in [4.69, 9.17) is 4.43 Å². The first-order valence-electron chi connectivity index (χ1n) is 12.4. The lowest BCUT2D eigenvalue weighted by Crippen LogP contribution is -2.66. The number of hydrogen-bond acceptors (Lipinski definition) is 5. The molecule has 0 aliphatic carbocycles. The average Bonchev–Trinajstić information content (AvgIpc) is 2.80. The van der Waals surface area contributed by atoms with E-state index in [2.05, 4.69) is 39.2 Å². The molecule has 1 fully saturated rings. The summed E-state index contributed by atoms with van der Waals surface area (Å²) in [6.45, 7) is 14.6. The number of carbonyl (C=O) groups excluding carboxylic acids is 3. The number of amides is 2. The number of β-lactam (4-membered cyclic amide) rings is 1. The fourth-order valence-electron chi connectivity index (χ4n) is 4.10. The van der Waals surface area contributed by atoms with Crippen LogP contribution in [0.3, 0.4) is 0 Å². The van der Waals surface area contributed by atoms with Gasteiger partial charge < -0.3 is 14.6 Å². The Kier molecular flexibility index (Phi) is 8.53. The van der Waals surface area contributed by atoms with Gasteiger partial charge in [-0.2, -0.15) is 0 Å². The second-order valence-corrected chi connectivity index (χ2v) is 16.9. The van der Waals surface area contributed by atoms with Gasteiger partial charge in [0.05, 0.1) is 23.6 Å². The van der Waals surface area contributed by atoms with Gasteiger partial charge in [0.15, 0.2) is 13.4 Å². The van der Waals surface area contributed by atoms with Crippen LogP contribution in [0.5, 0.6) is 0 Å². The fourth-order valence-corrected chi connectivity index (χ4v) is 6.49. The SMILES string of the molecule is C[C@@H](O[Si](C)(C)C(C)(C)C)[C@H]1C(=O)N[C@@H]1[C@@H](C)C(=O)Sc1ccccc1C(=O)N(C)c1ccccc1. The minimum absolute atomic E-state index is 0.0252. The smallest absolute Gasteiger partial charge is 0.259 e. The van der Waals surface area contributed by atoms with Crippen molar-refractivity contribution in [1.29, 1.82) is 0 Å². The lowest BCUT2D eigenvalue weighted by atomic mass is 9.79. The molecule has 0 bridgehead atoms. The van der Waals surface area contributed by atoms with E-state index in [9.17, 15) is 14.4 Å². The van der Waals surface area contributed by atoms with Crippen LogP contribution < -0.4 is 10.2 Å². The van der Waals surface area contributed by atoms with Crippen LogP contribution in [0.2, 0.25) is 18.1 Å². The molecule has 0 spiro atoms. The van der Waals surface area contributed by atoms with E-state index in [1.807, 2.05) is 50.2 Å². The van der Waals surface area contributed by atoms with Crippen LogP contribution in [-0.2, 0) is 14.0 Å². The molecule has 1 aliphatic rings. The number of hydrogen-bond donors (Lipinski definition) is 1. The van der Waals surface area contributed by atoms with Gasteiger partial charge in [0, 0.05) is 23.5 Å². The first-order valence-corrected chi connectivity index (χ1v) is 16.1. The molecule has 194 valence electrons. The molecular formula is C28H38N2O4SSi. The Morgan fingerprint density at radius 2 is 1.61 bits per heavy atom. The Hall–Kier alpha value is -2.42. The minimum atomic E-state index is -2.07. The number of thioether (sulfide) groups is 1. The van der Waals surface area contributed by atoms with E-state index in [0.29, 0.717) is 10.5 Å². The van der Waals surface area contributed by atoms with Crippen molar-refractivity contribution in [2.45, 2.75) is 69.8 Å². The van der Waals surface area contributed by atoms with Gasteiger partial charge in [-0.3, -0.25) is 14.4 Å². The first-order chi connectivity index (χ1) is 16.7. The molecule has 4 atom stereocenters. The Morgan fingerprint density at radius 1 is 1.03 bits per heavy atom. The van der Waals surface area contributed by atoms with Gasteiger partial charge in [0.1, 0.15) is 0 Å². The van der Waals surface area contributed by atoms with E-state index in [0.717, 1.165) is 17.4 Å². The predicted molar refractivity (Wildman–Crippen MR) is 149 cm³/mol. The summed E-state index contributed by atoms with van der Waals surface area (Å²) >= 11 is 1.06. The zero-order valence-corrected chi connectivity index (χ0v) is 24.3. The molecule has 0 unspecified atom stereocenters. The molecule has 36 heavy (non-hydrogen) atoms.